The van der Waals surface area contributed by atoms with Crippen LogP contribution in [0.1, 0.15) is 49.4 Å². The molecule has 1 aliphatic heterocycles. The van der Waals surface area contributed by atoms with Gasteiger partial charge in [0.15, 0.2) is 0 Å². The molecular weight excluding hydrogens is 198 g/mol. The zero-order valence-corrected chi connectivity index (χ0v) is 10.2. The second kappa shape index (κ2) is 4.98. The van der Waals surface area contributed by atoms with Gasteiger partial charge in [0.1, 0.15) is 0 Å². The lowest BCUT2D eigenvalue weighted by molar-refractivity contribution is 0.134. The summed E-state index contributed by atoms with van der Waals surface area (Å²) >= 11 is 0. The molecule has 0 aromatic heterocycles. The van der Waals surface area contributed by atoms with Crippen molar-refractivity contribution in [1.82, 2.24) is 0 Å². The summed E-state index contributed by atoms with van der Waals surface area (Å²) in [5, 5.41) is 0. The fraction of sp³-hybridized carbons (Fsp3) is 0.571. The maximum atomic E-state index is 6.31. The zero-order chi connectivity index (χ0) is 11.5. The second-order valence-corrected chi connectivity index (χ2v) is 4.62. The summed E-state index contributed by atoms with van der Waals surface area (Å²) in [4.78, 5) is 0. The van der Waals surface area contributed by atoms with Gasteiger partial charge < -0.3 is 10.5 Å². The molecule has 2 rings (SSSR count). The summed E-state index contributed by atoms with van der Waals surface area (Å²) in [5.74, 6) is 0.584. The highest BCUT2D eigenvalue weighted by Gasteiger charge is 2.18. The minimum absolute atomic E-state index is 0.167. The minimum Gasteiger partial charge on any atom is -0.372 e. The Bertz CT molecular complexity index is 358. The average Bonchev–Trinajstić information content (AvgIpc) is 2.77. The van der Waals surface area contributed by atoms with Crippen molar-refractivity contribution >= 4 is 0 Å². The van der Waals surface area contributed by atoms with Crippen LogP contribution in [0.25, 0.3) is 0 Å². The summed E-state index contributed by atoms with van der Waals surface area (Å²) in [6.45, 7) is 5.93. The van der Waals surface area contributed by atoms with Crippen molar-refractivity contribution in [3.05, 3.63) is 34.9 Å². The first kappa shape index (κ1) is 11.6. The Morgan fingerprint density at radius 3 is 2.56 bits per heavy atom. The third-order valence-corrected chi connectivity index (χ3v) is 3.69. The van der Waals surface area contributed by atoms with Crippen molar-refractivity contribution in [2.45, 2.75) is 45.9 Å². The van der Waals surface area contributed by atoms with Crippen LogP contribution in [0.3, 0.4) is 0 Å². The van der Waals surface area contributed by atoms with Gasteiger partial charge in [0.05, 0.1) is 13.2 Å². The Morgan fingerprint density at radius 1 is 1.19 bits per heavy atom. The molecule has 0 spiro atoms. The number of rotatable bonds is 4. The van der Waals surface area contributed by atoms with Crippen molar-refractivity contribution in [3.8, 4) is 0 Å². The van der Waals surface area contributed by atoms with Crippen molar-refractivity contribution < 1.29 is 4.74 Å². The molecule has 2 N–H and O–H groups in total. The molecule has 0 bridgehead atoms. The SMILES string of the molecule is CCC(CC)C(N)c1ccc2c(c1)COC2. The van der Waals surface area contributed by atoms with Gasteiger partial charge in [-0.1, -0.05) is 44.9 Å². The maximum Gasteiger partial charge on any atom is 0.0725 e. The van der Waals surface area contributed by atoms with Gasteiger partial charge in [-0.15, -0.1) is 0 Å². The monoisotopic (exact) mass is 219 g/mol. The van der Waals surface area contributed by atoms with Gasteiger partial charge in [-0.3, -0.25) is 0 Å². The Morgan fingerprint density at radius 2 is 1.88 bits per heavy atom. The molecule has 2 nitrogen and oxygen atoms in total. The van der Waals surface area contributed by atoms with E-state index in [1.54, 1.807) is 0 Å². The lowest BCUT2D eigenvalue weighted by Gasteiger charge is -2.22. The van der Waals surface area contributed by atoms with Crippen LogP contribution in [0.2, 0.25) is 0 Å². The molecule has 88 valence electrons. The fourth-order valence-electron chi connectivity index (χ4n) is 2.47. The predicted molar refractivity (Wildman–Crippen MR) is 65.9 cm³/mol. The van der Waals surface area contributed by atoms with E-state index >= 15 is 0 Å². The predicted octanol–water partition coefficient (Wildman–Crippen LogP) is 3.15. The second-order valence-electron chi connectivity index (χ2n) is 4.62. The molecule has 0 radical (unpaired) electrons. The summed E-state index contributed by atoms with van der Waals surface area (Å²) in [6, 6.07) is 6.72. The fourth-order valence-corrected chi connectivity index (χ4v) is 2.47. The minimum atomic E-state index is 0.167. The molecule has 1 aromatic rings. The van der Waals surface area contributed by atoms with Crippen LogP contribution in [-0.2, 0) is 18.0 Å². The van der Waals surface area contributed by atoms with E-state index in [2.05, 4.69) is 32.0 Å². The van der Waals surface area contributed by atoms with E-state index < -0.39 is 0 Å². The first-order valence-electron chi connectivity index (χ1n) is 6.21. The van der Waals surface area contributed by atoms with E-state index in [0.29, 0.717) is 5.92 Å². The Labute approximate surface area is 97.8 Å². The molecular formula is C14H21NO. The van der Waals surface area contributed by atoms with Crippen molar-refractivity contribution in [1.29, 1.82) is 0 Å². The van der Waals surface area contributed by atoms with E-state index in [0.717, 1.165) is 26.1 Å². The van der Waals surface area contributed by atoms with Crippen LogP contribution >= 0.6 is 0 Å². The largest absolute Gasteiger partial charge is 0.372 e. The number of fused-ring (bicyclic) bond motifs is 1. The highest BCUT2D eigenvalue weighted by atomic mass is 16.5. The summed E-state index contributed by atoms with van der Waals surface area (Å²) in [6.07, 6.45) is 2.29. The van der Waals surface area contributed by atoms with Gasteiger partial charge >= 0.3 is 0 Å². The summed E-state index contributed by atoms with van der Waals surface area (Å²) in [7, 11) is 0. The van der Waals surface area contributed by atoms with Crippen molar-refractivity contribution in [3.63, 3.8) is 0 Å². The van der Waals surface area contributed by atoms with E-state index in [4.69, 9.17) is 10.5 Å². The number of hydrogen-bond donors (Lipinski definition) is 1. The maximum absolute atomic E-state index is 6.31. The molecule has 1 aromatic carbocycles. The van der Waals surface area contributed by atoms with Gasteiger partial charge in [0, 0.05) is 6.04 Å². The molecule has 0 fully saturated rings. The van der Waals surface area contributed by atoms with Crippen LogP contribution in [0, 0.1) is 5.92 Å². The molecule has 1 atom stereocenters. The first-order valence-corrected chi connectivity index (χ1v) is 6.21. The molecule has 16 heavy (non-hydrogen) atoms. The zero-order valence-electron chi connectivity index (χ0n) is 10.2. The van der Waals surface area contributed by atoms with Gasteiger partial charge in [0.2, 0.25) is 0 Å². The van der Waals surface area contributed by atoms with Crippen LogP contribution < -0.4 is 5.73 Å². The molecule has 1 unspecified atom stereocenters. The molecule has 1 heterocycles. The molecule has 1 aliphatic rings. The number of ether oxygens (including phenoxy) is 1. The first-order chi connectivity index (χ1) is 7.76. The van der Waals surface area contributed by atoms with Crippen LogP contribution in [0.15, 0.2) is 18.2 Å². The summed E-state index contributed by atoms with van der Waals surface area (Å²) in [5.41, 5.74) is 10.2. The van der Waals surface area contributed by atoms with Gasteiger partial charge in [-0.05, 0) is 22.6 Å². The van der Waals surface area contributed by atoms with Crippen molar-refractivity contribution in [2.75, 3.05) is 0 Å². The van der Waals surface area contributed by atoms with Crippen LogP contribution in [0.5, 0.6) is 0 Å². The third kappa shape index (κ3) is 2.13. The van der Waals surface area contributed by atoms with Gasteiger partial charge in [-0.25, -0.2) is 0 Å². The molecule has 2 heteroatoms. The van der Waals surface area contributed by atoms with E-state index in [1.165, 1.54) is 16.7 Å². The Balaban J connectivity index is 2.20. The molecule has 0 saturated carbocycles. The van der Waals surface area contributed by atoms with Crippen LogP contribution in [0.4, 0.5) is 0 Å². The number of nitrogens with two attached hydrogens (primary N) is 1. The highest BCUT2D eigenvalue weighted by molar-refractivity contribution is 5.34. The van der Waals surface area contributed by atoms with E-state index in [1.807, 2.05) is 0 Å². The quantitative estimate of drug-likeness (QED) is 0.844. The molecule has 0 aliphatic carbocycles. The van der Waals surface area contributed by atoms with Crippen LogP contribution in [-0.4, -0.2) is 0 Å². The lowest BCUT2D eigenvalue weighted by Crippen LogP contribution is -2.20. The van der Waals surface area contributed by atoms with E-state index in [-0.39, 0.29) is 6.04 Å². The number of hydrogen-bond acceptors (Lipinski definition) is 2. The molecule has 0 amide bonds. The highest BCUT2D eigenvalue weighted by Crippen LogP contribution is 2.28. The van der Waals surface area contributed by atoms with E-state index in [9.17, 15) is 0 Å². The summed E-state index contributed by atoms with van der Waals surface area (Å²) < 4.78 is 5.42. The Hall–Kier alpha value is -0.860. The lowest BCUT2D eigenvalue weighted by atomic mass is 9.88. The topological polar surface area (TPSA) is 35.2 Å². The van der Waals surface area contributed by atoms with Gasteiger partial charge in [-0.2, -0.15) is 0 Å². The van der Waals surface area contributed by atoms with Crippen molar-refractivity contribution in [2.24, 2.45) is 11.7 Å². The standard InChI is InChI=1S/C14H21NO/c1-3-10(4-2)14(15)11-5-6-12-8-16-9-13(12)7-11/h5-7,10,14H,3-4,8-9,15H2,1-2H3. The Kier molecular flexibility index (Phi) is 3.62. The molecule has 0 saturated heterocycles. The normalized spacial score (nSPS) is 16.5. The van der Waals surface area contributed by atoms with Gasteiger partial charge in [0.25, 0.3) is 0 Å². The average molecular weight is 219 g/mol. The number of benzene rings is 1. The smallest absolute Gasteiger partial charge is 0.0725 e. The third-order valence-electron chi connectivity index (χ3n) is 3.69.